The topological polar surface area (TPSA) is 9.23 Å². The molecule has 2 aliphatic rings. The van der Waals surface area contributed by atoms with Crippen LogP contribution >= 0.6 is 0 Å². The maximum absolute atomic E-state index is 6.38. The summed E-state index contributed by atoms with van der Waals surface area (Å²) in [5, 5.41) is 0. The van der Waals surface area contributed by atoms with Crippen molar-refractivity contribution in [2.24, 2.45) is 11.8 Å². The highest BCUT2D eigenvalue weighted by atomic mass is 16.5. The maximum Gasteiger partial charge on any atom is 0.0769 e. The summed E-state index contributed by atoms with van der Waals surface area (Å²) in [7, 11) is 0. The van der Waals surface area contributed by atoms with Gasteiger partial charge in [0.15, 0.2) is 0 Å². The van der Waals surface area contributed by atoms with Crippen molar-refractivity contribution >= 4 is 0 Å². The summed E-state index contributed by atoms with van der Waals surface area (Å²) < 4.78 is 6.38. The molecule has 2 atom stereocenters. The average molecular weight is 222 g/mol. The van der Waals surface area contributed by atoms with E-state index in [-0.39, 0.29) is 5.60 Å². The molecule has 0 bridgehead atoms. The van der Waals surface area contributed by atoms with Crippen molar-refractivity contribution in [2.75, 3.05) is 0 Å². The molecular formula is C15H26O. The van der Waals surface area contributed by atoms with E-state index in [1.807, 2.05) is 0 Å². The number of ether oxygens (including phenoxy) is 1. The summed E-state index contributed by atoms with van der Waals surface area (Å²) in [6.07, 6.45) is 9.18. The van der Waals surface area contributed by atoms with E-state index in [1.165, 1.54) is 37.7 Å². The molecule has 0 amide bonds. The van der Waals surface area contributed by atoms with E-state index in [0.29, 0.717) is 6.10 Å². The normalized spacial score (nSPS) is 43.6. The fourth-order valence-corrected chi connectivity index (χ4v) is 3.36. The largest absolute Gasteiger partial charge is 0.367 e. The zero-order valence-corrected chi connectivity index (χ0v) is 11.3. The molecule has 1 saturated heterocycles. The minimum absolute atomic E-state index is 0.225. The van der Waals surface area contributed by atoms with Crippen molar-refractivity contribution in [3.05, 3.63) is 11.6 Å². The third-order valence-corrected chi connectivity index (χ3v) is 4.51. The Kier molecular flexibility index (Phi) is 3.44. The first-order valence-corrected chi connectivity index (χ1v) is 6.85. The van der Waals surface area contributed by atoms with Gasteiger partial charge in [0.05, 0.1) is 11.7 Å². The fourth-order valence-electron chi connectivity index (χ4n) is 3.36. The third-order valence-electron chi connectivity index (χ3n) is 4.51. The molecule has 1 spiro atoms. The Hall–Kier alpha value is -0.300. The lowest BCUT2D eigenvalue weighted by Gasteiger charge is -2.39. The second kappa shape index (κ2) is 4.52. The molecule has 2 unspecified atom stereocenters. The van der Waals surface area contributed by atoms with Crippen LogP contribution in [-0.2, 0) is 4.74 Å². The van der Waals surface area contributed by atoms with Gasteiger partial charge in [0.1, 0.15) is 0 Å². The lowest BCUT2D eigenvalue weighted by atomic mass is 9.73. The van der Waals surface area contributed by atoms with Crippen LogP contribution in [0.3, 0.4) is 0 Å². The highest BCUT2D eigenvalue weighted by Crippen LogP contribution is 2.47. The monoisotopic (exact) mass is 222 g/mol. The molecule has 0 aromatic rings. The number of allylic oxidation sites excluding steroid dienone is 1. The van der Waals surface area contributed by atoms with E-state index in [0.717, 1.165) is 11.8 Å². The fraction of sp³-hybridized carbons (Fsp3) is 0.867. The molecule has 16 heavy (non-hydrogen) atoms. The molecule has 1 aliphatic carbocycles. The number of rotatable bonds is 1. The van der Waals surface area contributed by atoms with Crippen LogP contribution in [0.4, 0.5) is 0 Å². The molecule has 0 aromatic heterocycles. The van der Waals surface area contributed by atoms with Gasteiger partial charge in [0.2, 0.25) is 0 Å². The SMILES string of the molecule is CC(C)=CC1CC(C)C2(CCC(C)CC2)O1. The van der Waals surface area contributed by atoms with Crippen molar-refractivity contribution in [3.63, 3.8) is 0 Å². The van der Waals surface area contributed by atoms with E-state index in [2.05, 4.69) is 33.8 Å². The molecule has 2 fully saturated rings. The summed E-state index contributed by atoms with van der Waals surface area (Å²) in [5.41, 5.74) is 1.61. The van der Waals surface area contributed by atoms with Crippen LogP contribution in [0.2, 0.25) is 0 Å². The van der Waals surface area contributed by atoms with Crippen molar-refractivity contribution in [1.82, 2.24) is 0 Å². The zero-order chi connectivity index (χ0) is 11.8. The Bertz CT molecular complexity index is 267. The highest BCUT2D eigenvalue weighted by molar-refractivity contribution is 5.06. The van der Waals surface area contributed by atoms with Gasteiger partial charge in [-0.1, -0.05) is 25.5 Å². The Balaban J connectivity index is 2.04. The van der Waals surface area contributed by atoms with E-state index in [4.69, 9.17) is 4.74 Å². The molecule has 0 aromatic carbocycles. The van der Waals surface area contributed by atoms with Crippen molar-refractivity contribution in [3.8, 4) is 0 Å². The first kappa shape index (κ1) is 12.2. The quantitative estimate of drug-likeness (QED) is 0.600. The van der Waals surface area contributed by atoms with E-state index >= 15 is 0 Å². The summed E-state index contributed by atoms with van der Waals surface area (Å²) >= 11 is 0. The molecule has 1 saturated carbocycles. The van der Waals surface area contributed by atoms with Crippen LogP contribution < -0.4 is 0 Å². The maximum atomic E-state index is 6.38. The predicted molar refractivity (Wildman–Crippen MR) is 68.4 cm³/mol. The highest BCUT2D eigenvalue weighted by Gasteiger charge is 2.46. The van der Waals surface area contributed by atoms with Gasteiger partial charge in [-0.3, -0.25) is 0 Å². The summed E-state index contributed by atoms with van der Waals surface area (Å²) in [6.45, 7) is 9.10. The van der Waals surface area contributed by atoms with Gasteiger partial charge < -0.3 is 4.74 Å². The Morgan fingerprint density at radius 3 is 2.38 bits per heavy atom. The van der Waals surface area contributed by atoms with Crippen LogP contribution in [0.5, 0.6) is 0 Å². The first-order valence-electron chi connectivity index (χ1n) is 6.85. The van der Waals surface area contributed by atoms with Gasteiger partial charge in [0.25, 0.3) is 0 Å². The van der Waals surface area contributed by atoms with Crippen LogP contribution in [0.25, 0.3) is 0 Å². The van der Waals surface area contributed by atoms with Gasteiger partial charge in [-0.05, 0) is 57.8 Å². The second-order valence-corrected chi connectivity index (χ2v) is 6.28. The van der Waals surface area contributed by atoms with Crippen LogP contribution in [-0.4, -0.2) is 11.7 Å². The molecule has 1 nitrogen and oxygen atoms in total. The summed E-state index contributed by atoms with van der Waals surface area (Å²) in [4.78, 5) is 0. The molecule has 1 heterocycles. The van der Waals surface area contributed by atoms with Gasteiger partial charge in [-0.2, -0.15) is 0 Å². The molecule has 92 valence electrons. The van der Waals surface area contributed by atoms with Crippen molar-refractivity contribution < 1.29 is 4.74 Å². The van der Waals surface area contributed by atoms with Crippen LogP contribution in [0.1, 0.15) is 59.8 Å². The molecule has 1 heteroatoms. The third kappa shape index (κ3) is 2.34. The molecule has 0 radical (unpaired) electrons. The first-order chi connectivity index (χ1) is 7.52. The van der Waals surface area contributed by atoms with Gasteiger partial charge in [-0.25, -0.2) is 0 Å². The van der Waals surface area contributed by atoms with Gasteiger partial charge in [0, 0.05) is 0 Å². The Morgan fingerprint density at radius 2 is 1.81 bits per heavy atom. The smallest absolute Gasteiger partial charge is 0.0769 e. The Labute approximate surface area is 100 Å². The number of hydrogen-bond acceptors (Lipinski definition) is 1. The van der Waals surface area contributed by atoms with E-state index in [1.54, 1.807) is 0 Å². The standard InChI is InChI=1S/C15H26O/c1-11(2)9-14-10-13(4)15(16-14)7-5-12(3)6-8-15/h9,12-14H,5-8,10H2,1-4H3. The predicted octanol–water partition coefficient (Wildman–Crippen LogP) is 4.33. The van der Waals surface area contributed by atoms with E-state index < -0.39 is 0 Å². The minimum Gasteiger partial charge on any atom is -0.367 e. The lowest BCUT2D eigenvalue weighted by Crippen LogP contribution is -2.38. The summed E-state index contributed by atoms with van der Waals surface area (Å²) in [5.74, 6) is 1.64. The van der Waals surface area contributed by atoms with Crippen LogP contribution in [0.15, 0.2) is 11.6 Å². The van der Waals surface area contributed by atoms with Gasteiger partial charge in [-0.15, -0.1) is 0 Å². The zero-order valence-electron chi connectivity index (χ0n) is 11.3. The number of hydrogen-bond donors (Lipinski definition) is 0. The molecule has 2 rings (SSSR count). The van der Waals surface area contributed by atoms with Crippen molar-refractivity contribution in [1.29, 1.82) is 0 Å². The van der Waals surface area contributed by atoms with E-state index in [9.17, 15) is 0 Å². The second-order valence-electron chi connectivity index (χ2n) is 6.28. The minimum atomic E-state index is 0.225. The lowest BCUT2D eigenvalue weighted by molar-refractivity contribution is -0.0730. The molecular weight excluding hydrogens is 196 g/mol. The van der Waals surface area contributed by atoms with Crippen LogP contribution in [0, 0.1) is 11.8 Å². The van der Waals surface area contributed by atoms with Gasteiger partial charge >= 0.3 is 0 Å². The molecule has 0 N–H and O–H groups in total. The Morgan fingerprint density at radius 1 is 1.19 bits per heavy atom. The van der Waals surface area contributed by atoms with Crippen molar-refractivity contribution in [2.45, 2.75) is 71.5 Å². The average Bonchev–Trinajstić information content (AvgIpc) is 2.48. The summed E-state index contributed by atoms with van der Waals surface area (Å²) in [6, 6.07) is 0. The molecule has 1 aliphatic heterocycles.